The minimum Gasteiger partial charge on any atom is -0.397 e. The first-order valence-electron chi connectivity index (χ1n) is 6.91. The van der Waals surface area contributed by atoms with E-state index in [9.17, 15) is 9.59 Å². The van der Waals surface area contributed by atoms with Gasteiger partial charge in [-0.25, -0.2) is 0 Å². The van der Waals surface area contributed by atoms with Gasteiger partial charge in [0.25, 0.3) is 11.8 Å². The number of likely N-dealkylation sites (N-methyl/N-ethyl adjacent to an activating group) is 1. The molecule has 0 radical (unpaired) electrons. The third-order valence-electron chi connectivity index (χ3n) is 3.71. The standard InChI is InChI=1S/C13H21N5O2S/c1-3-17-4-6-18(7-5-17)13-8(11(15)19)9(14)10(21-13)12(20)16-2/h3-7,14H2,1-2H3,(H2,15,19)(H,16,20). The van der Waals surface area contributed by atoms with Gasteiger partial charge in [0.1, 0.15) is 9.88 Å². The number of carbonyl (C=O) groups excluding carboxylic acids is 2. The fourth-order valence-corrected chi connectivity index (χ4v) is 3.67. The number of thiophene rings is 1. The Morgan fingerprint density at radius 2 is 1.90 bits per heavy atom. The summed E-state index contributed by atoms with van der Waals surface area (Å²) in [6, 6.07) is 0. The number of nitrogen functional groups attached to an aromatic ring is 1. The van der Waals surface area contributed by atoms with Gasteiger partial charge >= 0.3 is 0 Å². The fraction of sp³-hybridized carbons (Fsp3) is 0.538. The third-order valence-corrected chi connectivity index (χ3v) is 4.98. The number of nitrogens with two attached hydrogens (primary N) is 2. The van der Waals surface area contributed by atoms with Crippen molar-refractivity contribution in [1.29, 1.82) is 0 Å². The summed E-state index contributed by atoms with van der Waals surface area (Å²) in [5.74, 6) is -0.884. The topological polar surface area (TPSA) is 105 Å². The van der Waals surface area contributed by atoms with Crippen LogP contribution in [0, 0.1) is 0 Å². The Balaban J connectivity index is 2.34. The highest BCUT2D eigenvalue weighted by Crippen LogP contribution is 2.38. The second-order valence-electron chi connectivity index (χ2n) is 4.89. The van der Waals surface area contributed by atoms with Crippen molar-refractivity contribution in [3.05, 3.63) is 10.4 Å². The number of amides is 2. The molecule has 21 heavy (non-hydrogen) atoms. The summed E-state index contributed by atoms with van der Waals surface area (Å²) in [5, 5.41) is 3.24. The number of nitrogens with zero attached hydrogens (tertiary/aromatic N) is 2. The van der Waals surface area contributed by atoms with E-state index in [1.54, 1.807) is 0 Å². The summed E-state index contributed by atoms with van der Waals surface area (Å²) in [6.07, 6.45) is 0. The van der Waals surface area contributed by atoms with E-state index in [0.717, 1.165) is 32.7 Å². The largest absolute Gasteiger partial charge is 0.397 e. The lowest BCUT2D eigenvalue weighted by Crippen LogP contribution is -2.46. The number of hydrogen-bond donors (Lipinski definition) is 3. The first-order chi connectivity index (χ1) is 9.99. The predicted molar refractivity (Wildman–Crippen MR) is 85.0 cm³/mol. The molecule has 1 aliphatic heterocycles. The lowest BCUT2D eigenvalue weighted by atomic mass is 10.2. The molecule has 116 valence electrons. The molecule has 0 unspecified atom stereocenters. The van der Waals surface area contributed by atoms with Crippen LogP contribution in [0.3, 0.4) is 0 Å². The van der Waals surface area contributed by atoms with Crippen molar-refractivity contribution in [2.45, 2.75) is 6.92 Å². The molecule has 7 nitrogen and oxygen atoms in total. The van der Waals surface area contributed by atoms with Gasteiger partial charge < -0.3 is 26.6 Å². The molecule has 5 N–H and O–H groups in total. The van der Waals surface area contributed by atoms with Gasteiger partial charge in [-0.15, -0.1) is 11.3 Å². The average Bonchev–Trinajstić information content (AvgIpc) is 2.84. The Bertz CT molecular complexity index is 549. The van der Waals surface area contributed by atoms with E-state index < -0.39 is 5.91 Å². The van der Waals surface area contributed by atoms with Crippen LogP contribution in [0.1, 0.15) is 27.0 Å². The van der Waals surface area contributed by atoms with Crippen molar-refractivity contribution in [3.8, 4) is 0 Å². The van der Waals surface area contributed by atoms with E-state index >= 15 is 0 Å². The number of nitrogens with one attached hydrogen (secondary N) is 1. The monoisotopic (exact) mass is 311 g/mol. The first-order valence-corrected chi connectivity index (χ1v) is 7.72. The molecule has 1 aromatic heterocycles. The normalized spacial score (nSPS) is 16.0. The molecule has 0 atom stereocenters. The van der Waals surface area contributed by atoms with E-state index in [-0.39, 0.29) is 17.2 Å². The molecular formula is C13H21N5O2S. The zero-order chi connectivity index (χ0) is 15.6. The van der Waals surface area contributed by atoms with Crippen LogP contribution in [-0.4, -0.2) is 56.5 Å². The Kier molecular flexibility index (Phi) is 4.69. The summed E-state index contributed by atoms with van der Waals surface area (Å²) in [6.45, 7) is 6.55. The van der Waals surface area contributed by atoms with Gasteiger partial charge in [0.15, 0.2) is 0 Å². The SMILES string of the molecule is CCN1CCN(c2sc(C(=O)NC)c(N)c2C(N)=O)CC1. The van der Waals surface area contributed by atoms with Crippen LogP contribution >= 0.6 is 11.3 Å². The lowest BCUT2D eigenvalue weighted by molar-refractivity contribution is 0.0967. The molecule has 2 rings (SSSR count). The molecule has 1 saturated heterocycles. The van der Waals surface area contributed by atoms with Gasteiger partial charge in [-0.05, 0) is 6.54 Å². The third kappa shape index (κ3) is 2.96. The van der Waals surface area contributed by atoms with Gasteiger partial charge in [-0.1, -0.05) is 6.92 Å². The molecule has 2 heterocycles. The van der Waals surface area contributed by atoms with Crippen LogP contribution in [0.25, 0.3) is 0 Å². The molecule has 8 heteroatoms. The van der Waals surface area contributed by atoms with Crippen molar-refractivity contribution in [3.63, 3.8) is 0 Å². The molecule has 0 spiro atoms. The summed E-state index contributed by atoms with van der Waals surface area (Å²) >= 11 is 1.23. The van der Waals surface area contributed by atoms with Gasteiger partial charge in [0.05, 0.1) is 11.3 Å². The quantitative estimate of drug-likeness (QED) is 0.722. The highest BCUT2D eigenvalue weighted by Gasteiger charge is 2.28. The van der Waals surface area contributed by atoms with Crippen LogP contribution in [0.2, 0.25) is 0 Å². The molecule has 1 aliphatic rings. The van der Waals surface area contributed by atoms with Crippen molar-refractivity contribution in [2.75, 3.05) is 50.4 Å². The number of carbonyl (C=O) groups is 2. The lowest BCUT2D eigenvalue weighted by Gasteiger charge is -2.35. The maximum Gasteiger partial charge on any atom is 0.263 e. The van der Waals surface area contributed by atoms with Crippen molar-refractivity contribution < 1.29 is 9.59 Å². The highest BCUT2D eigenvalue weighted by molar-refractivity contribution is 7.19. The Morgan fingerprint density at radius 3 is 2.38 bits per heavy atom. The molecule has 0 saturated carbocycles. The maximum atomic E-state index is 11.8. The number of anilines is 2. The second-order valence-corrected chi connectivity index (χ2v) is 5.89. The zero-order valence-electron chi connectivity index (χ0n) is 12.3. The smallest absolute Gasteiger partial charge is 0.263 e. The van der Waals surface area contributed by atoms with Gasteiger partial charge in [0, 0.05) is 33.2 Å². The van der Waals surface area contributed by atoms with E-state index in [0.29, 0.717) is 9.88 Å². The fourth-order valence-electron chi connectivity index (χ4n) is 2.44. The van der Waals surface area contributed by atoms with E-state index in [1.165, 1.54) is 18.4 Å². The van der Waals surface area contributed by atoms with Gasteiger partial charge in [0.2, 0.25) is 0 Å². The number of rotatable bonds is 4. The van der Waals surface area contributed by atoms with Crippen molar-refractivity contribution in [1.82, 2.24) is 10.2 Å². The number of hydrogen-bond acceptors (Lipinski definition) is 6. The number of piperazine rings is 1. The van der Waals surface area contributed by atoms with Crippen LogP contribution in [-0.2, 0) is 0 Å². The molecule has 2 amide bonds. The van der Waals surface area contributed by atoms with E-state index in [2.05, 4.69) is 22.0 Å². The van der Waals surface area contributed by atoms with Crippen LogP contribution < -0.4 is 21.7 Å². The molecule has 0 bridgehead atoms. The van der Waals surface area contributed by atoms with Crippen molar-refractivity contribution >= 4 is 33.8 Å². The minimum absolute atomic E-state index is 0.180. The van der Waals surface area contributed by atoms with Gasteiger partial charge in [-0.2, -0.15) is 0 Å². The average molecular weight is 311 g/mol. The maximum absolute atomic E-state index is 11.8. The Morgan fingerprint density at radius 1 is 1.29 bits per heavy atom. The van der Waals surface area contributed by atoms with E-state index in [4.69, 9.17) is 11.5 Å². The zero-order valence-corrected chi connectivity index (χ0v) is 13.1. The first kappa shape index (κ1) is 15.6. The summed E-state index contributed by atoms with van der Waals surface area (Å²) in [5.41, 5.74) is 11.9. The molecule has 0 aromatic carbocycles. The molecule has 0 aliphatic carbocycles. The molecular weight excluding hydrogens is 290 g/mol. The Labute approximate surface area is 127 Å². The molecule has 1 aromatic rings. The summed E-state index contributed by atoms with van der Waals surface area (Å²) in [7, 11) is 1.53. The Hall–Kier alpha value is -1.80. The van der Waals surface area contributed by atoms with Crippen LogP contribution in [0.5, 0.6) is 0 Å². The summed E-state index contributed by atoms with van der Waals surface area (Å²) in [4.78, 5) is 28.3. The predicted octanol–water partition coefficient (Wildman–Crippen LogP) is -0.0693. The number of primary amides is 1. The summed E-state index contributed by atoms with van der Waals surface area (Å²) < 4.78 is 0. The highest BCUT2D eigenvalue weighted by atomic mass is 32.1. The van der Waals surface area contributed by atoms with Gasteiger partial charge in [-0.3, -0.25) is 9.59 Å². The van der Waals surface area contributed by atoms with Crippen LogP contribution in [0.15, 0.2) is 0 Å². The van der Waals surface area contributed by atoms with Crippen LogP contribution in [0.4, 0.5) is 10.7 Å². The minimum atomic E-state index is -0.591. The van der Waals surface area contributed by atoms with Crippen molar-refractivity contribution in [2.24, 2.45) is 5.73 Å². The molecule has 1 fully saturated rings. The van der Waals surface area contributed by atoms with E-state index in [1.807, 2.05) is 0 Å². The second kappa shape index (κ2) is 6.31.